The Morgan fingerprint density at radius 2 is 2.00 bits per heavy atom. The first-order valence-electron chi connectivity index (χ1n) is 9.40. The summed E-state index contributed by atoms with van der Waals surface area (Å²) < 4.78 is 15.3. The lowest BCUT2D eigenvalue weighted by Gasteiger charge is -2.20. The van der Waals surface area contributed by atoms with Gasteiger partial charge in [0.2, 0.25) is 0 Å². The van der Waals surface area contributed by atoms with Gasteiger partial charge in [-0.05, 0) is 37.3 Å². The van der Waals surface area contributed by atoms with E-state index in [1.54, 1.807) is 24.3 Å². The number of imidazole rings is 1. The lowest BCUT2D eigenvalue weighted by Crippen LogP contribution is -2.27. The maximum Gasteiger partial charge on any atom is 0.267 e. The standard InChI is InChI=1S/C21H15ClFN7O/c1-11(28-19-17-18(25-9-24-17)26-10-27-19)20-29-15-7-3-6-14(22)16(15)21(31)30(20)13-5-2-4-12(23)8-13/h2-11H,1H3,(H2,24,25,26,27,28). The maximum absolute atomic E-state index is 14.0. The van der Waals surface area contributed by atoms with Gasteiger partial charge in [-0.3, -0.25) is 9.36 Å². The highest BCUT2D eigenvalue weighted by molar-refractivity contribution is 6.35. The molecule has 31 heavy (non-hydrogen) atoms. The molecule has 0 fully saturated rings. The molecule has 1 unspecified atom stereocenters. The third-order valence-electron chi connectivity index (χ3n) is 4.90. The van der Waals surface area contributed by atoms with Crippen LogP contribution in [0.4, 0.5) is 10.2 Å². The van der Waals surface area contributed by atoms with Crippen molar-refractivity contribution in [1.29, 1.82) is 0 Å². The second kappa shape index (κ2) is 7.44. The minimum Gasteiger partial charge on any atom is -0.358 e. The Bertz CT molecular complexity index is 1500. The molecule has 2 aromatic carbocycles. The number of rotatable bonds is 4. The van der Waals surface area contributed by atoms with Crippen molar-refractivity contribution in [2.24, 2.45) is 0 Å². The third-order valence-corrected chi connectivity index (χ3v) is 5.21. The Hall–Kier alpha value is -3.85. The number of anilines is 1. The average Bonchev–Trinajstić information content (AvgIpc) is 3.23. The Labute approximate surface area is 179 Å². The van der Waals surface area contributed by atoms with Crippen LogP contribution in [0.15, 0.2) is 59.9 Å². The monoisotopic (exact) mass is 435 g/mol. The minimum atomic E-state index is -0.492. The summed E-state index contributed by atoms with van der Waals surface area (Å²) in [5.41, 5.74) is 1.53. The summed E-state index contributed by atoms with van der Waals surface area (Å²) in [5.74, 6) is 0.377. The van der Waals surface area contributed by atoms with Gasteiger partial charge in [-0.25, -0.2) is 24.3 Å². The van der Waals surface area contributed by atoms with Crippen LogP contribution in [0, 0.1) is 5.82 Å². The molecule has 0 saturated carbocycles. The quantitative estimate of drug-likeness (QED) is 0.442. The molecule has 3 aromatic heterocycles. The van der Waals surface area contributed by atoms with Crippen molar-refractivity contribution in [2.75, 3.05) is 5.32 Å². The summed E-state index contributed by atoms with van der Waals surface area (Å²) in [7, 11) is 0. The highest BCUT2D eigenvalue weighted by atomic mass is 35.5. The zero-order valence-electron chi connectivity index (χ0n) is 16.2. The zero-order chi connectivity index (χ0) is 21.5. The van der Waals surface area contributed by atoms with Crippen LogP contribution in [0.3, 0.4) is 0 Å². The molecule has 5 aromatic rings. The van der Waals surface area contributed by atoms with E-state index in [-0.39, 0.29) is 10.4 Å². The van der Waals surface area contributed by atoms with E-state index in [4.69, 9.17) is 11.6 Å². The van der Waals surface area contributed by atoms with Crippen LogP contribution in [0.5, 0.6) is 0 Å². The summed E-state index contributed by atoms with van der Waals surface area (Å²) in [4.78, 5) is 33.7. The van der Waals surface area contributed by atoms with Gasteiger partial charge in [0.05, 0.1) is 34.0 Å². The molecule has 3 heterocycles. The van der Waals surface area contributed by atoms with E-state index >= 15 is 0 Å². The number of halogens is 2. The largest absolute Gasteiger partial charge is 0.358 e. The second-order valence-electron chi connectivity index (χ2n) is 6.91. The van der Waals surface area contributed by atoms with Crippen molar-refractivity contribution in [2.45, 2.75) is 13.0 Å². The predicted molar refractivity (Wildman–Crippen MR) is 116 cm³/mol. The lowest BCUT2D eigenvalue weighted by molar-refractivity contribution is 0.624. The molecular formula is C21H15ClFN7O. The summed E-state index contributed by atoms with van der Waals surface area (Å²) in [6.45, 7) is 1.83. The summed E-state index contributed by atoms with van der Waals surface area (Å²) in [5, 5.41) is 3.78. The Balaban J connectivity index is 1.72. The molecule has 2 N–H and O–H groups in total. The smallest absolute Gasteiger partial charge is 0.267 e. The van der Waals surface area contributed by atoms with Crippen LogP contribution in [0.2, 0.25) is 5.02 Å². The van der Waals surface area contributed by atoms with Gasteiger partial charge in [0, 0.05) is 0 Å². The van der Waals surface area contributed by atoms with Gasteiger partial charge < -0.3 is 10.3 Å². The number of hydrogen-bond donors (Lipinski definition) is 2. The average molecular weight is 436 g/mol. The molecule has 0 saturated heterocycles. The van der Waals surface area contributed by atoms with Crippen molar-refractivity contribution in [3.8, 4) is 5.69 Å². The molecule has 0 radical (unpaired) electrons. The van der Waals surface area contributed by atoms with Crippen molar-refractivity contribution in [1.82, 2.24) is 29.5 Å². The molecule has 8 nitrogen and oxygen atoms in total. The molecule has 10 heteroatoms. The fraction of sp³-hybridized carbons (Fsp3) is 0.0952. The van der Waals surface area contributed by atoms with Crippen molar-refractivity contribution in [3.63, 3.8) is 0 Å². The van der Waals surface area contributed by atoms with Crippen LogP contribution < -0.4 is 10.9 Å². The highest BCUT2D eigenvalue weighted by Gasteiger charge is 2.21. The Morgan fingerprint density at radius 1 is 1.16 bits per heavy atom. The summed E-state index contributed by atoms with van der Waals surface area (Å²) in [6.07, 6.45) is 2.93. The fourth-order valence-corrected chi connectivity index (χ4v) is 3.75. The first-order chi connectivity index (χ1) is 15.0. The number of hydrogen-bond acceptors (Lipinski definition) is 6. The number of aromatic amines is 1. The molecular weight excluding hydrogens is 421 g/mol. The van der Waals surface area contributed by atoms with Crippen LogP contribution in [-0.4, -0.2) is 29.5 Å². The highest BCUT2D eigenvalue weighted by Crippen LogP contribution is 2.26. The molecule has 154 valence electrons. The van der Waals surface area contributed by atoms with Gasteiger partial charge in [0.25, 0.3) is 5.56 Å². The topological polar surface area (TPSA) is 101 Å². The van der Waals surface area contributed by atoms with E-state index in [2.05, 4.69) is 30.2 Å². The van der Waals surface area contributed by atoms with Gasteiger partial charge in [0.15, 0.2) is 11.5 Å². The van der Waals surface area contributed by atoms with E-state index in [9.17, 15) is 9.18 Å². The zero-order valence-corrected chi connectivity index (χ0v) is 16.9. The molecule has 0 spiro atoms. The van der Waals surface area contributed by atoms with Crippen molar-refractivity contribution < 1.29 is 4.39 Å². The maximum atomic E-state index is 14.0. The van der Waals surface area contributed by atoms with Crippen LogP contribution in [0.25, 0.3) is 27.8 Å². The van der Waals surface area contributed by atoms with E-state index in [0.717, 1.165) is 0 Å². The summed E-state index contributed by atoms with van der Waals surface area (Å²) in [6, 6.07) is 10.3. The molecule has 0 aliphatic heterocycles. The van der Waals surface area contributed by atoms with E-state index in [0.29, 0.717) is 34.0 Å². The number of H-pyrrole nitrogens is 1. The fourth-order valence-electron chi connectivity index (χ4n) is 3.50. The number of aromatic nitrogens is 6. The number of nitrogens with zero attached hydrogens (tertiary/aromatic N) is 5. The number of fused-ring (bicyclic) bond motifs is 2. The molecule has 0 amide bonds. The van der Waals surface area contributed by atoms with Gasteiger partial charge in [-0.15, -0.1) is 0 Å². The van der Waals surface area contributed by atoms with Gasteiger partial charge in [-0.1, -0.05) is 23.7 Å². The number of benzene rings is 2. The molecule has 0 aliphatic carbocycles. The second-order valence-corrected chi connectivity index (χ2v) is 7.32. The van der Waals surface area contributed by atoms with Gasteiger partial charge in [0.1, 0.15) is 23.5 Å². The van der Waals surface area contributed by atoms with Crippen LogP contribution in [-0.2, 0) is 0 Å². The van der Waals surface area contributed by atoms with Crippen LogP contribution >= 0.6 is 11.6 Å². The van der Waals surface area contributed by atoms with Crippen molar-refractivity contribution >= 4 is 39.5 Å². The minimum absolute atomic E-state index is 0.265. The number of nitrogens with one attached hydrogen (secondary N) is 2. The Kier molecular flexibility index (Phi) is 4.59. The van der Waals surface area contributed by atoms with E-state index < -0.39 is 17.4 Å². The first kappa shape index (κ1) is 19.1. The molecule has 1 atom stereocenters. The third kappa shape index (κ3) is 3.28. The van der Waals surface area contributed by atoms with E-state index in [1.165, 1.54) is 35.4 Å². The predicted octanol–water partition coefficient (Wildman–Crippen LogP) is 4.02. The summed E-state index contributed by atoms with van der Waals surface area (Å²) >= 11 is 6.30. The molecule has 5 rings (SSSR count). The van der Waals surface area contributed by atoms with Gasteiger partial charge >= 0.3 is 0 Å². The van der Waals surface area contributed by atoms with Crippen LogP contribution in [0.1, 0.15) is 18.8 Å². The Morgan fingerprint density at radius 3 is 2.84 bits per heavy atom. The first-order valence-corrected chi connectivity index (χ1v) is 9.78. The molecule has 0 aliphatic rings. The van der Waals surface area contributed by atoms with Crippen molar-refractivity contribution in [3.05, 3.63) is 82.1 Å². The SMILES string of the molecule is CC(Nc1ncnc2[nH]cnc12)c1nc2cccc(Cl)c2c(=O)n1-c1cccc(F)c1. The molecule has 0 bridgehead atoms. The van der Waals surface area contributed by atoms with Gasteiger partial charge in [-0.2, -0.15) is 0 Å². The normalized spacial score (nSPS) is 12.4. The van der Waals surface area contributed by atoms with E-state index in [1.807, 2.05) is 6.92 Å². The lowest BCUT2D eigenvalue weighted by atomic mass is 10.2.